The molecule has 2 heterocycles. The van der Waals surface area contributed by atoms with Crippen molar-refractivity contribution in [2.45, 2.75) is 39.4 Å². The molecule has 7 nitrogen and oxygen atoms in total. The van der Waals surface area contributed by atoms with Crippen LogP contribution in [-0.4, -0.2) is 60.8 Å². The Balaban J connectivity index is 0.00000300. The number of benzene rings is 1. The third kappa shape index (κ3) is 6.97. The molecule has 0 bridgehead atoms. The molecule has 0 radical (unpaired) electrons. The van der Waals surface area contributed by atoms with Crippen molar-refractivity contribution in [3.63, 3.8) is 0 Å². The Labute approximate surface area is 190 Å². The van der Waals surface area contributed by atoms with Crippen molar-refractivity contribution in [2.24, 2.45) is 4.99 Å². The molecule has 8 heteroatoms. The highest BCUT2D eigenvalue weighted by Gasteiger charge is 2.23. The highest BCUT2D eigenvalue weighted by atomic mass is 127. The minimum absolute atomic E-state index is 0. The first kappa shape index (κ1) is 23.6. The summed E-state index contributed by atoms with van der Waals surface area (Å²) in [5, 5.41) is 6.74. The number of oxazole rings is 1. The maximum Gasteiger partial charge on any atom is 0.226 e. The minimum atomic E-state index is 0. The van der Waals surface area contributed by atoms with Crippen molar-refractivity contribution >= 4 is 29.9 Å². The number of halogens is 1. The van der Waals surface area contributed by atoms with E-state index in [1.165, 1.54) is 0 Å². The van der Waals surface area contributed by atoms with Crippen molar-refractivity contribution < 1.29 is 9.15 Å². The lowest BCUT2D eigenvalue weighted by molar-refractivity contribution is -0.0174. The van der Waals surface area contributed by atoms with Crippen LogP contribution in [0.3, 0.4) is 0 Å². The van der Waals surface area contributed by atoms with Gasteiger partial charge in [0.25, 0.3) is 0 Å². The van der Waals surface area contributed by atoms with E-state index in [9.17, 15) is 0 Å². The highest BCUT2D eigenvalue weighted by molar-refractivity contribution is 14.0. The average Bonchev–Trinajstić information content (AvgIpc) is 3.20. The van der Waals surface area contributed by atoms with Gasteiger partial charge in [-0.15, -0.1) is 24.0 Å². The summed E-state index contributed by atoms with van der Waals surface area (Å²) in [5.41, 5.74) is 1.78. The van der Waals surface area contributed by atoms with E-state index >= 15 is 0 Å². The summed E-state index contributed by atoms with van der Waals surface area (Å²) in [4.78, 5) is 11.7. The van der Waals surface area contributed by atoms with E-state index in [2.05, 4.69) is 46.3 Å². The number of aliphatic imine (C=N–C) groups is 1. The molecule has 29 heavy (non-hydrogen) atoms. The zero-order valence-electron chi connectivity index (χ0n) is 17.4. The SMILES string of the molecule is CCNC(=NCc1coc(-c2ccccc2)n1)NCC(C)N1CCOCC1C.I. The molecule has 0 amide bonds. The predicted octanol–water partition coefficient (Wildman–Crippen LogP) is 3.12. The first-order chi connectivity index (χ1) is 13.7. The van der Waals surface area contributed by atoms with E-state index in [4.69, 9.17) is 9.15 Å². The maximum absolute atomic E-state index is 5.59. The van der Waals surface area contributed by atoms with Gasteiger partial charge in [0, 0.05) is 37.3 Å². The Bertz CT molecular complexity index is 753. The summed E-state index contributed by atoms with van der Waals surface area (Å²) in [6.45, 7) is 11.2. The van der Waals surface area contributed by atoms with Gasteiger partial charge < -0.3 is 19.8 Å². The third-order valence-corrected chi connectivity index (χ3v) is 4.87. The Morgan fingerprint density at radius 1 is 1.31 bits per heavy atom. The molecule has 1 aromatic heterocycles. The fourth-order valence-electron chi connectivity index (χ4n) is 3.35. The van der Waals surface area contributed by atoms with Crippen LogP contribution in [-0.2, 0) is 11.3 Å². The van der Waals surface area contributed by atoms with Crippen LogP contribution in [0, 0.1) is 0 Å². The molecule has 0 saturated carbocycles. The van der Waals surface area contributed by atoms with Crippen LogP contribution in [0.2, 0.25) is 0 Å². The Hall–Kier alpha value is -1.65. The molecule has 2 unspecified atom stereocenters. The molecule has 160 valence electrons. The van der Waals surface area contributed by atoms with Crippen LogP contribution in [0.25, 0.3) is 11.5 Å². The van der Waals surface area contributed by atoms with Crippen LogP contribution < -0.4 is 10.6 Å². The second kappa shape index (κ2) is 12.1. The van der Waals surface area contributed by atoms with Gasteiger partial charge in [-0.3, -0.25) is 4.90 Å². The van der Waals surface area contributed by atoms with Crippen LogP contribution in [0.5, 0.6) is 0 Å². The molecule has 1 aromatic carbocycles. The number of aromatic nitrogens is 1. The van der Waals surface area contributed by atoms with Gasteiger partial charge >= 0.3 is 0 Å². The summed E-state index contributed by atoms with van der Waals surface area (Å²) in [7, 11) is 0. The lowest BCUT2D eigenvalue weighted by Crippen LogP contribution is -2.53. The second-order valence-corrected chi connectivity index (χ2v) is 7.10. The largest absolute Gasteiger partial charge is 0.444 e. The fourth-order valence-corrected chi connectivity index (χ4v) is 3.35. The topological polar surface area (TPSA) is 74.9 Å². The molecule has 2 N–H and O–H groups in total. The van der Waals surface area contributed by atoms with Gasteiger partial charge in [-0.1, -0.05) is 18.2 Å². The average molecular weight is 513 g/mol. The smallest absolute Gasteiger partial charge is 0.226 e. The van der Waals surface area contributed by atoms with Crippen molar-refractivity contribution in [3.05, 3.63) is 42.3 Å². The van der Waals surface area contributed by atoms with Gasteiger partial charge in [-0.2, -0.15) is 0 Å². The minimum Gasteiger partial charge on any atom is -0.444 e. The number of nitrogens with zero attached hydrogens (tertiary/aromatic N) is 3. The molecule has 1 saturated heterocycles. The van der Waals surface area contributed by atoms with E-state index in [0.29, 0.717) is 24.5 Å². The van der Waals surface area contributed by atoms with Crippen LogP contribution in [0.15, 0.2) is 46.0 Å². The van der Waals surface area contributed by atoms with Crippen LogP contribution in [0.4, 0.5) is 0 Å². The number of nitrogens with one attached hydrogen (secondary N) is 2. The lowest BCUT2D eigenvalue weighted by Gasteiger charge is -2.38. The van der Waals surface area contributed by atoms with Crippen molar-refractivity contribution in [2.75, 3.05) is 32.8 Å². The number of ether oxygens (including phenoxy) is 1. The third-order valence-electron chi connectivity index (χ3n) is 4.87. The van der Waals surface area contributed by atoms with Crippen LogP contribution in [0.1, 0.15) is 26.5 Å². The second-order valence-electron chi connectivity index (χ2n) is 7.10. The number of morpholine rings is 1. The predicted molar refractivity (Wildman–Crippen MR) is 127 cm³/mol. The van der Waals surface area contributed by atoms with Gasteiger partial charge in [0.1, 0.15) is 12.0 Å². The molecular formula is C21H32IN5O2. The van der Waals surface area contributed by atoms with E-state index in [-0.39, 0.29) is 24.0 Å². The summed E-state index contributed by atoms with van der Waals surface area (Å²) in [5.74, 6) is 1.42. The molecule has 0 spiro atoms. The zero-order valence-corrected chi connectivity index (χ0v) is 19.8. The van der Waals surface area contributed by atoms with Gasteiger partial charge in [0.15, 0.2) is 5.96 Å². The molecule has 3 rings (SSSR count). The Morgan fingerprint density at radius 2 is 2.10 bits per heavy atom. The molecule has 2 aromatic rings. The fraction of sp³-hybridized carbons (Fsp3) is 0.524. The quantitative estimate of drug-likeness (QED) is 0.337. The maximum atomic E-state index is 5.59. The first-order valence-corrected chi connectivity index (χ1v) is 10.0. The number of rotatable bonds is 7. The van der Waals surface area contributed by atoms with E-state index in [1.54, 1.807) is 6.26 Å². The highest BCUT2D eigenvalue weighted by Crippen LogP contribution is 2.18. The first-order valence-electron chi connectivity index (χ1n) is 10.0. The van der Waals surface area contributed by atoms with Gasteiger partial charge in [0.2, 0.25) is 5.89 Å². The van der Waals surface area contributed by atoms with Crippen molar-refractivity contribution in [1.29, 1.82) is 0 Å². The summed E-state index contributed by atoms with van der Waals surface area (Å²) >= 11 is 0. The van der Waals surface area contributed by atoms with Gasteiger partial charge in [0.05, 0.1) is 19.8 Å². The monoisotopic (exact) mass is 513 g/mol. The number of guanidine groups is 1. The number of hydrogen-bond acceptors (Lipinski definition) is 5. The number of hydrogen-bond donors (Lipinski definition) is 2. The summed E-state index contributed by atoms with van der Waals surface area (Å²) < 4.78 is 11.1. The molecule has 1 aliphatic heterocycles. The zero-order chi connectivity index (χ0) is 19.8. The summed E-state index contributed by atoms with van der Waals surface area (Å²) in [6, 6.07) is 10.7. The molecular weight excluding hydrogens is 481 g/mol. The Kier molecular flexibility index (Phi) is 9.89. The molecule has 1 fully saturated rings. The molecule has 2 atom stereocenters. The van der Waals surface area contributed by atoms with E-state index in [0.717, 1.165) is 50.1 Å². The Morgan fingerprint density at radius 3 is 2.83 bits per heavy atom. The lowest BCUT2D eigenvalue weighted by atomic mass is 10.2. The standard InChI is InChI=1S/C21H31N5O2.HI/c1-4-22-21(23-12-16(2)26-10-11-27-14-17(26)3)24-13-19-15-28-20(25-19)18-8-6-5-7-9-18;/h5-9,15-17H,4,10-14H2,1-3H3,(H2,22,23,24);1H. The summed E-state index contributed by atoms with van der Waals surface area (Å²) in [6.07, 6.45) is 1.67. The molecule has 0 aliphatic carbocycles. The van der Waals surface area contributed by atoms with Gasteiger partial charge in [-0.25, -0.2) is 9.98 Å². The van der Waals surface area contributed by atoms with Crippen molar-refractivity contribution in [1.82, 2.24) is 20.5 Å². The normalized spacial score (nSPS) is 18.7. The van der Waals surface area contributed by atoms with Crippen molar-refractivity contribution in [3.8, 4) is 11.5 Å². The van der Waals surface area contributed by atoms with E-state index < -0.39 is 0 Å². The van der Waals surface area contributed by atoms with E-state index in [1.807, 2.05) is 30.3 Å². The van der Waals surface area contributed by atoms with Gasteiger partial charge in [-0.05, 0) is 32.9 Å². The van der Waals surface area contributed by atoms with Crippen LogP contribution >= 0.6 is 24.0 Å². The molecule has 1 aliphatic rings.